The predicted molar refractivity (Wildman–Crippen MR) is 80.8 cm³/mol. The fraction of sp³-hybridized carbons (Fsp3) is 0.529. The van der Waals surface area contributed by atoms with E-state index in [4.69, 9.17) is 0 Å². The lowest BCUT2D eigenvalue weighted by atomic mass is 10.1. The smallest absolute Gasteiger partial charge is 0.253 e. The molecular weight excluding hydrogens is 264 g/mol. The van der Waals surface area contributed by atoms with Gasteiger partial charge >= 0.3 is 0 Å². The quantitative estimate of drug-likeness (QED) is 0.834. The van der Waals surface area contributed by atoms with Gasteiger partial charge in [-0.25, -0.2) is 0 Å². The SMILES string of the molecule is CC1(C)CC1C(=O)N1CCN(C(=O)c2ccccc2)CC1. The molecule has 0 radical (unpaired) electrons. The summed E-state index contributed by atoms with van der Waals surface area (Å²) >= 11 is 0. The molecule has 1 aliphatic heterocycles. The van der Waals surface area contributed by atoms with E-state index in [9.17, 15) is 9.59 Å². The minimum Gasteiger partial charge on any atom is -0.339 e. The van der Waals surface area contributed by atoms with Crippen molar-refractivity contribution in [2.75, 3.05) is 26.2 Å². The molecule has 3 rings (SSSR count). The van der Waals surface area contributed by atoms with Crippen LogP contribution in [-0.4, -0.2) is 47.8 Å². The molecule has 21 heavy (non-hydrogen) atoms. The molecule has 0 aromatic heterocycles. The summed E-state index contributed by atoms with van der Waals surface area (Å²) in [5.41, 5.74) is 0.897. The molecule has 4 nitrogen and oxygen atoms in total. The molecule has 1 saturated carbocycles. The maximum Gasteiger partial charge on any atom is 0.253 e. The largest absolute Gasteiger partial charge is 0.339 e. The van der Waals surface area contributed by atoms with E-state index >= 15 is 0 Å². The summed E-state index contributed by atoms with van der Waals surface area (Å²) in [6.07, 6.45) is 0.995. The van der Waals surface area contributed by atoms with Crippen LogP contribution in [0.25, 0.3) is 0 Å². The van der Waals surface area contributed by atoms with Gasteiger partial charge in [-0.15, -0.1) is 0 Å². The van der Waals surface area contributed by atoms with Crippen molar-refractivity contribution >= 4 is 11.8 Å². The molecule has 1 aliphatic carbocycles. The number of nitrogens with zero attached hydrogens (tertiary/aromatic N) is 2. The van der Waals surface area contributed by atoms with Crippen molar-refractivity contribution in [3.63, 3.8) is 0 Å². The van der Waals surface area contributed by atoms with Crippen molar-refractivity contribution in [2.24, 2.45) is 11.3 Å². The van der Waals surface area contributed by atoms with Gasteiger partial charge in [0, 0.05) is 37.7 Å². The first-order chi connectivity index (χ1) is 9.99. The van der Waals surface area contributed by atoms with E-state index in [2.05, 4.69) is 13.8 Å². The van der Waals surface area contributed by atoms with Gasteiger partial charge in [-0.3, -0.25) is 9.59 Å². The molecule has 0 bridgehead atoms. The molecular formula is C17H22N2O2. The number of carbonyl (C=O) groups excluding carboxylic acids is 2. The third-order valence-electron chi connectivity index (χ3n) is 4.71. The van der Waals surface area contributed by atoms with Gasteiger partial charge in [-0.2, -0.15) is 0 Å². The van der Waals surface area contributed by atoms with Crippen LogP contribution in [0.2, 0.25) is 0 Å². The van der Waals surface area contributed by atoms with E-state index in [1.54, 1.807) is 0 Å². The maximum atomic E-state index is 12.3. The van der Waals surface area contributed by atoms with E-state index in [1.165, 1.54) is 0 Å². The minimum atomic E-state index is 0.0643. The van der Waals surface area contributed by atoms with E-state index in [0.717, 1.165) is 12.0 Å². The Bertz CT molecular complexity index is 545. The number of rotatable bonds is 2. The van der Waals surface area contributed by atoms with Gasteiger partial charge in [-0.05, 0) is 24.0 Å². The molecule has 2 fully saturated rings. The summed E-state index contributed by atoms with van der Waals surface area (Å²) in [5, 5.41) is 0. The number of hydrogen-bond acceptors (Lipinski definition) is 2. The standard InChI is InChI=1S/C17H22N2O2/c1-17(2)12-14(17)16(21)19-10-8-18(9-11-19)15(20)13-6-4-3-5-7-13/h3-7,14H,8-12H2,1-2H3. The summed E-state index contributed by atoms with van der Waals surface area (Å²) < 4.78 is 0. The van der Waals surface area contributed by atoms with E-state index < -0.39 is 0 Å². The Hall–Kier alpha value is -1.84. The molecule has 1 saturated heterocycles. The van der Waals surface area contributed by atoms with Crippen LogP contribution in [0.15, 0.2) is 30.3 Å². The fourth-order valence-corrected chi connectivity index (χ4v) is 3.00. The molecule has 1 unspecified atom stereocenters. The summed E-state index contributed by atoms with van der Waals surface area (Å²) in [6, 6.07) is 9.34. The molecule has 2 aliphatic rings. The van der Waals surface area contributed by atoms with Crippen molar-refractivity contribution in [1.29, 1.82) is 0 Å². The first-order valence-electron chi connectivity index (χ1n) is 7.62. The first-order valence-corrected chi connectivity index (χ1v) is 7.62. The third-order valence-corrected chi connectivity index (χ3v) is 4.71. The number of piperazine rings is 1. The van der Waals surface area contributed by atoms with Gasteiger partial charge in [0.2, 0.25) is 5.91 Å². The summed E-state index contributed by atoms with van der Waals surface area (Å²) in [5.74, 6) is 0.523. The van der Waals surface area contributed by atoms with Crippen molar-refractivity contribution in [2.45, 2.75) is 20.3 Å². The van der Waals surface area contributed by atoms with Crippen molar-refractivity contribution in [3.05, 3.63) is 35.9 Å². The molecule has 1 aromatic carbocycles. The van der Waals surface area contributed by atoms with Crippen LogP contribution in [0.3, 0.4) is 0 Å². The average Bonchev–Trinajstić information content (AvgIpc) is 3.15. The lowest BCUT2D eigenvalue weighted by Gasteiger charge is -2.35. The number of benzene rings is 1. The molecule has 0 spiro atoms. The molecule has 1 heterocycles. The number of amides is 2. The summed E-state index contributed by atoms with van der Waals surface area (Å²) in [4.78, 5) is 28.5. The van der Waals surface area contributed by atoms with Crippen LogP contribution in [0, 0.1) is 11.3 Å². The van der Waals surface area contributed by atoms with Gasteiger partial charge in [0.25, 0.3) is 5.91 Å². The minimum absolute atomic E-state index is 0.0643. The highest BCUT2D eigenvalue weighted by atomic mass is 16.2. The zero-order chi connectivity index (χ0) is 15.0. The second kappa shape index (κ2) is 5.17. The number of hydrogen-bond donors (Lipinski definition) is 0. The summed E-state index contributed by atoms with van der Waals surface area (Å²) in [7, 11) is 0. The van der Waals surface area contributed by atoms with Crippen LogP contribution >= 0.6 is 0 Å². The topological polar surface area (TPSA) is 40.6 Å². The second-order valence-corrected chi connectivity index (χ2v) is 6.73. The second-order valence-electron chi connectivity index (χ2n) is 6.73. The van der Waals surface area contributed by atoms with Gasteiger partial charge in [-0.1, -0.05) is 32.0 Å². The number of carbonyl (C=O) groups is 2. The Kier molecular flexibility index (Phi) is 3.47. The van der Waals surface area contributed by atoms with Crippen LogP contribution in [0.1, 0.15) is 30.6 Å². The average molecular weight is 286 g/mol. The normalized spacial score (nSPS) is 23.8. The Labute approximate surface area is 125 Å². The van der Waals surface area contributed by atoms with E-state index in [1.807, 2.05) is 40.1 Å². The van der Waals surface area contributed by atoms with E-state index in [-0.39, 0.29) is 23.1 Å². The molecule has 2 amide bonds. The lowest BCUT2D eigenvalue weighted by Crippen LogP contribution is -2.51. The first kappa shape index (κ1) is 14.1. The monoisotopic (exact) mass is 286 g/mol. The highest BCUT2D eigenvalue weighted by Crippen LogP contribution is 2.52. The van der Waals surface area contributed by atoms with Crippen molar-refractivity contribution in [3.8, 4) is 0 Å². The van der Waals surface area contributed by atoms with Gasteiger partial charge in [0.05, 0.1) is 0 Å². The molecule has 0 N–H and O–H groups in total. The van der Waals surface area contributed by atoms with Crippen LogP contribution < -0.4 is 0 Å². The van der Waals surface area contributed by atoms with Gasteiger partial charge < -0.3 is 9.80 Å². The zero-order valence-corrected chi connectivity index (χ0v) is 12.7. The van der Waals surface area contributed by atoms with Crippen LogP contribution in [0.4, 0.5) is 0 Å². The molecule has 4 heteroatoms. The Morgan fingerprint density at radius 3 is 2.05 bits per heavy atom. The van der Waals surface area contributed by atoms with Gasteiger partial charge in [0.1, 0.15) is 0 Å². The van der Waals surface area contributed by atoms with Gasteiger partial charge in [0.15, 0.2) is 0 Å². The highest BCUT2D eigenvalue weighted by Gasteiger charge is 2.52. The van der Waals surface area contributed by atoms with Crippen molar-refractivity contribution in [1.82, 2.24) is 9.80 Å². The Morgan fingerprint density at radius 1 is 1.00 bits per heavy atom. The Morgan fingerprint density at radius 2 is 1.52 bits per heavy atom. The zero-order valence-electron chi connectivity index (χ0n) is 12.7. The summed E-state index contributed by atoms with van der Waals surface area (Å²) in [6.45, 7) is 6.86. The lowest BCUT2D eigenvalue weighted by molar-refractivity contribution is -0.134. The molecule has 1 atom stereocenters. The Balaban J connectivity index is 1.56. The molecule has 1 aromatic rings. The van der Waals surface area contributed by atoms with E-state index in [0.29, 0.717) is 26.2 Å². The third kappa shape index (κ3) is 2.80. The maximum absolute atomic E-state index is 12.3. The van der Waals surface area contributed by atoms with Crippen LogP contribution in [0.5, 0.6) is 0 Å². The van der Waals surface area contributed by atoms with Crippen molar-refractivity contribution < 1.29 is 9.59 Å². The highest BCUT2D eigenvalue weighted by molar-refractivity contribution is 5.94. The molecule has 112 valence electrons. The predicted octanol–water partition coefficient (Wildman–Crippen LogP) is 2.02. The van der Waals surface area contributed by atoms with Crippen LogP contribution in [-0.2, 0) is 4.79 Å². The fourth-order valence-electron chi connectivity index (χ4n) is 3.00.